The van der Waals surface area contributed by atoms with Crippen molar-refractivity contribution in [1.82, 2.24) is 9.88 Å². The lowest BCUT2D eigenvalue weighted by molar-refractivity contribution is -0.138. The van der Waals surface area contributed by atoms with Crippen LogP contribution in [0.15, 0.2) is 79.1 Å². The smallest absolute Gasteiger partial charge is 0.248 e. The van der Waals surface area contributed by atoms with Crippen molar-refractivity contribution in [3.63, 3.8) is 0 Å². The van der Waals surface area contributed by atoms with E-state index in [1.807, 2.05) is 54.6 Å². The fourth-order valence-electron chi connectivity index (χ4n) is 3.90. The summed E-state index contributed by atoms with van der Waals surface area (Å²) in [5.74, 6) is -0.993. The van der Waals surface area contributed by atoms with E-state index in [9.17, 15) is 9.59 Å². The van der Waals surface area contributed by atoms with E-state index in [4.69, 9.17) is 11.6 Å². The number of carbonyl (C=O) groups is 2. The first kappa shape index (κ1) is 19.2. The average molecular weight is 406 g/mol. The molecule has 2 heterocycles. The molecular formula is C23H20ClN3O2. The van der Waals surface area contributed by atoms with E-state index in [0.717, 1.165) is 16.7 Å². The Morgan fingerprint density at radius 3 is 2.41 bits per heavy atom. The number of halogens is 1. The average Bonchev–Trinajstić information content (AvgIpc) is 2.78. The highest BCUT2D eigenvalue weighted by Gasteiger charge is 2.42. The minimum Gasteiger partial charge on any atom is -0.324 e. The first-order valence-corrected chi connectivity index (χ1v) is 9.91. The van der Waals surface area contributed by atoms with Crippen LogP contribution in [0.3, 0.4) is 0 Å². The Labute approximate surface area is 174 Å². The van der Waals surface area contributed by atoms with Crippen molar-refractivity contribution in [3.05, 3.63) is 95.8 Å². The van der Waals surface area contributed by atoms with Crippen LogP contribution in [0.5, 0.6) is 0 Å². The van der Waals surface area contributed by atoms with Crippen molar-refractivity contribution < 1.29 is 9.59 Å². The number of fused-ring (bicyclic) bond motifs is 1. The first-order valence-electron chi connectivity index (χ1n) is 9.38. The van der Waals surface area contributed by atoms with Crippen LogP contribution in [0.4, 0.5) is 5.69 Å². The maximum absolute atomic E-state index is 13.4. The highest BCUT2D eigenvalue weighted by atomic mass is 35.5. The molecule has 0 aliphatic carbocycles. The van der Waals surface area contributed by atoms with E-state index in [1.165, 1.54) is 0 Å². The lowest BCUT2D eigenvalue weighted by atomic mass is 9.78. The molecule has 1 N–H and O–H groups in total. The van der Waals surface area contributed by atoms with Gasteiger partial charge in [-0.1, -0.05) is 54.6 Å². The normalized spacial score (nSPS) is 18.0. The Hall–Kier alpha value is -3.18. The number of nitrogens with one attached hydrogen (secondary N) is 1. The molecule has 3 aromatic rings. The molecule has 29 heavy (non-hydrogen) atoms. The van der Waals surface area contributed by atoms with Crippen LogP contribution in [-0.4, -0.2) is 33.6 Å². The van der Waals surface area contributed by atoms with Gasteiger partial charge in [0.1, 0.15) is 11.9 Å². The predicted molar refractivity (Wildman–Crippen MR) is 113 cm³/mol. The van der Waals surface area contributed by atoms with Gasteiger partial charge >= 0.3 is 0 Å². The second kappa shape index (κ2) is 8.45. The van der Waals surface area contributed by atoms with Crippen molar-refractivity contribution in [1.29, 1.82) is 0 Å². The molecule has 1 aliphatic rings. The topological polar surface area (TPSA) is 62.3 Å². The van der Waals surface area contributed by atoms with Gasteiger partial charge in [-0.05, 0) is 28.8 Å². The molecule has 0 saturated heterocycles. The summed E-state index contributed by atoms with van der Waals surface area (Å²) < 4.78 is 0. The third-order valence-corrected chi connectivity index (χ3v) is 5.42. The lowest BCUT2D eigenvalue weighted by Crippen LogP contribution is -2.53. The molecule has 5 nitrogen and oxygen atoms in total. The van der Waals surface area contributed by atoms with Crippen LogP contribution in [0.25, 0.3) is 0 Å². The SMILES string of the molecule is O=C(Nc1ccncc1)C1C(c2ccccc2)c2ccccc2CN1C(=O)CCl. The van der Waals surface area contributed by atoms with Crippen LogP contribution in [0, 0.1) is 0 Å². The Morgan fingerprint density at radius 2 is 1.69 bits per heavy atom. The number of aromatic nitrogens is 1. The van der Waals surface area contributed by atoms with Crippen molar-refractivity contribution >= 4 is 29.1 Å². The molecule has 4 rings (SSSR count). The number of anilines is 1. The Bertz CT molecular complexity index is 1010. The van der Waals surface area contributed by atoms with E-state index >= 15 is 0 Å². The van der Waals surface area contributed by atoms with Crippen molar-refractivity contribution in [2.45, 2.75) is 18.5 Å². The van der Waals surface area contributed by atoms with Gasteiger partial charge in [0.05, 0.1) is 0 Å². The predicted octanol–water partition coefficient (Wildman–Crippen LogP) is 3.80. The van der Waals surface area contributed by atoms with Gasteiger partial charge in [-0.25, -0.2) is 0 Å². The number of benzene rings is 2. The first-order chi connectivity index (χ1) is 14.2. The van der Waals surface area contributed by atoms with E-state index in [0.29, 0.717) is 12.2 Å². The number of hydrogen-bond acceptors (Lipinski definition) is 3. The number of amides is 2. The molecule has 2 unspecified atom stereocenters. The van der Waals surface area contributed by atoms with Crippen LogP contribution in [-0.2, 0) is 16.1 Å². The Kier molecular flexibility index (Phi) is 5.58. The maximum Gasteiger partial charge on any atom is 0.248 e. The monoisotopic (exact) mass is 405 g/mol. The summed E-state index contributed by atoms with van der Waals surface area (Å²) in [6.45, 7) is 0.347. The molecular weight excluding hydrogens is 386 g/mol. The van der Waals surface area contributed by atoms with Crippen LogP contribution >= 0.6 is 11.6 Å². The molecule has 0 spiro atoms. The summed E-state index contributed by atoms with van der Waals surface area (Å²) in [6.07, 6.45) is 3.23. The van der Waals surface area contributed by atoms with E-state index in [2.05, 4.69) is 10.3 Å². The zero-order chi connectivity index (χ0) is 20.2. The quantitative estimate of drug-likeness (QED) is 0.671. The molecule has 0 fully saturated rings. The van der Waals surface area contributed by atoms with Crippen LogP contribution in [0.2, 0.25) is 0 Å². The van der Waals surface area contributed by atoms with Crippen LogP contribution in [0.1, 0.15) is 22.6 Å². The van der Waals surface area contributed by atoms with E-state index in [-0.39, 0.29) is 23.6 Å². The van der Waals surface area contributed by atoms with Crippen molar-refractivity contribution in [2.24, 2.45) is 0 Å². The van der Waals surface area contributed by atoms with Gasteiger partial charge < -0.3 is 10.2 Å². The largest absolute Gasteiger partial charge is 0.324 e. The molecule has 2 aromatic carbocycles. The van der Waals surface area contributed by atoms with Gasteiger partial charge in [0.25, 0.3) is 0 Å². The van der Waals surface area contributed by atoms with Gasteiger partial charge in [0, 0.05) is 30.5 Å². The maximum atomic E-state index is 13.4. The summed E-state index contributed by atoms with van der Waals surface area (Å²) in [5.41, 5.74) is 3.68. The standard InChI is InChI=1S/C23H20ClN3O2/c24-14-20(28)27-15-17-8-4-5-9-19(17)21(16-6-2-1-3-7-16)22(27)23(29)26-18-10-12-25-13-11-18/h1-13,21-22H,14-15H2,(H,25,26,29). The highest BCUT2D eigenvalue weighted by molar-refractivity contribution is 6.27. The molecule has 6 heteroatoms. The van der Waals surface area contributed by atoms with E-state index in [1.54, 1.807) is 29.4 Å². The molecule has 146 valence electrons. The second-order valence-electron chi connectivity index (χ2n) is 6.91. The Balaban J connectivity index is 1.82. The Morgan fingerprint density at radius 1 is 1.00 bits per heavy atom. The molecule has 2 atom stereocenters. The summed E-state index contributed by atoms with van der Waals surface area (Å²) in [4.78, 5) is 31.7. The molecule has 0 saturated carbocycles. The zero-order valence-corrected chi connectivity index (χ0v) is 16.4. The molecule has 0 bridgehead atoms. The summed E-state index contributed by atoms with van der Waals surface area (Å²) in [6, 6.07) is 20.5. The third kappa shape index (κ3) is 3.87. The lowest BCUT2D eigenvalue weighted by Gasteiger charge is -2.41. The fraction of sp³-hybridized carbons (Fsp3) is 0.174. The van der Waals surface area contributed by atoms with Crippen molar-refractivity contribution in [3.8, 4) is 0 Å². The molecule has 1 aromatic heterocycles. The molecule has 0 radical (unpaired) electrons. The number of alkyl halides is 1. The van der Waals surface area contributed by atoms with Gasteiger partial charge in [-0.2, -0.15) is 0 Å². The molecule has 2 amide bonds. The number of rotatable bonds is 4. The van der Waals surface area contributed by atoms with Gasteiger partial charge in [-0.3, -0.25) is 14.6 Å². The number of carbonyl (C=O) groups excluding carboxylic acids is 2. The minimum atomic E-state index is -0.716. The van der Waals surface area contributed by atoms with E-state index < -0.39 is 6.04 Å². The second-order valence-corrected chi connectivity index (χ2v) is 7.18. The summed E-state index contributed by atoms with van der Waals surface area (Å²) in [5, 5.41) is 2.94. The zero-order valence-electron chi connectivity index (χ0n) is 15.7. The van der Waals surface area contributed by atoms with Gasteiger partial charge in [0.2, 0.25) is 11.8 Å². The number of pyridine rings is 1. The van der Waals surface area contributed by atoms with Gasteiger partial charge in [0.15, 0.2) is 0 Å². The molecule has 1 aliphatic heterocycles. The van der Waals surface area contributed by atoms with Crippen molar-refractivity contribution in [2.75, 3.05) is 11.2 Å². The minimum absolute atomic E-state index is 0.178. The summed E-state index contributed by atoms with van der Waals surface area (Å²) >= 11 is 5.91. The summed E-state index contributed by atoms with van der Waals surface area (Å²) in [7, 11) is 0. The number of nitrogens with zero attached hydrogens (tertiary/aromatic N) is 2. The highest BCUT2D eigenvalue weighted by Crippen LogP contribution is 2.38. The number of hydrogen-bond donors (Lipinski definition) is 1. The third-order valence-electron chi connectivity index (χ3n) is 5.19. The van der Waals surface area contributed by atoms with Gasteiger partial charge in [-0.15, -0.1) is 11.6 Å². The van der Waals surface area contributed by atoms with Crippen LogP contribution < -0.4 is 5.32 Å². The fourth-order valence-corrected chi connectivity index (χ4v) is 4.05.